The lowest BCUT2D eigenvalue weighted by Crippen LogP contribution is -2.52. The summed E-state index contributed by atoms with van der Waals surface area (Å²) < 4.78 is 1.84. The molecule has 3 amide bonds. The molecule has 22 heavy (non-hydrogen) atoms. The van der Waals surface area contributed by atoms with Crippen molar-refractivity contribution in [2.45, 2.75) is 31.3 Å². The molecule has 0 bridgehead atoms. The molecule has 2 aromatic heterocycles. The summed E-state index contributed by atoms with van der Waals surface area (Å²) in [6, 6.07) is 7.40. The highest BCUT2D eigenvalue weighted by Gasteiger charge is 2.54. The van der Waals surface area contributed by atoms with E-state index < -0.39 is 5.54 Å². The van der Waals surface area contributed by atoms with Crippen molar-refractivity contribution in [2.75, 3.05) is 0 Å². The predicted octanol–water partition coefficient (Wildman–Crippen LogP) is 1.79. The Hall–Kier alpha value is -2.81. The van der Waals surface area contributed by atoms with Gasteiger partial charge in [-0.1, -0.05) is 6.07 Å². The van der Waals surface area contributed by atoms with Gasteiger partial charge in [0.2, 0.25) is 0 Å². The van der Waals surface area contributed by atoms with Crippen LogP contribution in [0.3, 0.4) is 0 Å². The van der Waals surface area contributed by atoms with Gasteiger partial charge in [0, 0.05) is 18.0 Å². The molecule has 2 aliphatic rings. The molecule has 2 aromatic rings. The van der Waals surface area contributed by atoms with E-state index in [9.17, 15) is 14.9 Å². The number of hydrogen-bond acceptors (Lipinski definition) is 3. The summed E-state index contributed by atoms with van der Waals surface area (Å²) in [6.45, 7) is 0.136. The van der Waals surface area contributed by atoms with Crippen LogP contribution in [0.25, 0.3) is 5.52 Å². The van der Waals surface area contributed by atoms with Crippen LogP contribution in [0.2, 0.25) is 0 Å². The van der Waals surface area contributed by atoms with Crippen molar-refractivity contribution in [1.82, 2.24) is 14.6 Å². The van der Waals surface area contributed by atoms with E-state index in [0.717, 1.165) is 11.9 Å². The van der Waals surface area contributed by atoms with Crippen LogP contribution in [0.1, 0.15) is 30.4 Å². The third kappa shape index (κ3) is 1.59. The number of hydrogen-bond donors (Lipinski definition) is 1. The average molecular weight is 294 g/mol. The molecule has 6 nitrogen and oxygen atoms in total. The first kappa shape index (κ1) is 12.9. The first-order chi connectivity index (χ1) is 10.6. The molecule has 1 saturated heterocycles. The molecule has 0 aromatic carbocycles. The minimum Gasteiger partial charge on any atom is -0.323 e. The normalized spacial score (nSPS) is 19.3. The van der Waals surface area contributed by atoms with Crippen LogP contribution in [0.4, 0.5) is 4.79 Å². The van der Waals surface area contributed by atoms with Crippen LogP contribution >= 0.6 is 0 Å². The van der Waals surface area contributed by atoms with Gasteiger partial charge in [0.1, 0.15) is 11.6 Å². The van der Waals surface area contributed by atoms with E-state index in [4.69, 9.17) is 0 Å². The lowest BCUT2D eigenvalue weighted by Gasteiger charge is -2.34. The van der Waals surface area contributed by atoms with Crippen molar-refractivity contribution in [3.63, 3.8) is 0 Å². The molecule has 2 fully saturated rings. The van der Waals surface area contributed by atoms with E-state index in [1.807, 2.05) is 28.8 Å². The number of aromatic nitrogens is 1. The van der Waals surface area contributed by atoms with Gasteiger partial charge < -0.3 is 9.72 Å². The zero-order valence-electron chi connectivity index (χ0n) is 11.9. The number of pyridine rings is 1. The number of fused-ring (bicyclic) bond motifs is 1. The van der Waals surface area contributed by atoms with E-state index >= 15 is 0 Å². The smallest absolute Gasteiger partial charge is 0.323 e. The topological polar surface area (TPSA) is 77.6 Å². The van der Waals surface area contributed by atoms with E-state index in [0.29, 0.717) is 24.0 Å². The molecule has 0 atom stereocenters. The minimum absolute atomic E-state index is 0.136. The molecule has 1 spiro atoms. The highest BCUT2D eigenvalue weighted by Crippen LogP contribution is 2.38. The number of carbonyl (C=O) groups excluding carboxylic acids is 2. The zero-order chi connectivity index (χ0) is 15.3. The molecule has 1 aliphatic carbocycles. The van der Waals surface area contributed by atoms with Gasteiger partial charge in [-0.25, -0.2) is 4.79 Å². The monoisotopic (exact) mass is 294 g/mol. The van der Waals surface area contributed by atoms with Crippen LogP contribution in [-0.4, -0.2) is 26.8 Å². The predicted molar refractivity (Wildman–Crippen MR) is 77.8 cm³/mol. The maximum atomic E-state index is 12.5. The molecular formula is C16H14N4O2. The third-order valence-electron chi connectivity index (χ3n) is 4.66. The molecule has 6 heteroatoms. The summed E-state index contributed by atoms with van der Waals surface area (Å²) in [7, 11) is 0. The highest BCUT2D eigenvalue weighted by molar-refractivity contribution is 6.07. The van der Waals surface area contributed by atoms with E-state index in [-0.39, 0.29) is 18.5 Å². The van der Waals surface area contributed by atoms with Crippen molar-refractivity contribution in [3.8, 4) is 6.07 Å². The van der Waals surface area contributed by atoms with Gasteiger partial charge >= 0.3 is 6.03 Å². The Bertz CT molecular complexity index is 841. The van der Waals surface area contributed by atoms with E-state index in [2.05, 4.69) is 11.4 Å². The molecule has 110 valence electrons. The van der Waals surface area contributed by atoms with Crippen molar-refractivity contribution in [2.24, 2.45) is 0 Å². The third-order valence-corrected chi connectivity index (χ3v) is 4.66. The van der Waals surface area contributed by atoms with Crippen LogP contribution < -0.4 is 5.32 Å². The molecule has 0 radical (unpaired) electrons. The minimum atomic E-state index is -0.678. The maximum absolute atomic E-state index is 12.5. The summed E-state index contributed by atoms with van der Waals surface area (Å²) in [5, 5.41) is 12.2. The first-order valence-electron chi connectivity index (χ1n) is 7.27. The Morgan fingerprint density at radius 3 is 2.77 bits per heavy atom. The Morgan fingerprint density at radius 2 is 2.14 bits per heavy atom. The number of urea groups is 1. The zero-order valence-corrected chi connectivity index (χ0v) is 11.9. The standard InChI is InChI=1S/C16H14N4O2/c17-8-12-11(9-19-7-2-1-4-13(12)19)10-20-14(21)16(5-3-6-16)18-15(20)22/h1-2,4,7,9H,3,5-6,10H2,(H,18,22). The summed E-state index contributed by atoms with van der Waals surface area (Å²) in [5.74, 6) is -0.164. The van der Waals surface area contributed by atoms with Crippen LogP contribution in [0, 0.1) is 11.3 Å². The summed E-state index contributed by atoms with van der Waals surface area (Å²) in [4.78, 5) is 25.8. The number of nitrogens with zero attached hydrogens (tertiary/aromatic N) is 3. The second-order valence-electron chi connectivity index (χ2n) is 5.89. The molecule has 0 unspecified atom stereocenters. The molecule has 1 N–H and O–H groups in total. The lowest BCUT2D eigenvalue weighted by atomic mass is 9.77. The maximum Gasteiger partial charge on any atom is 0.325 e. The van der Waals surface area contributed by atoms with Gasteiger partial charge in [0.15, 0.2) is 0 Å². The fourth-order valence-electron chi connectivity index (χ4n) is 3.29. The van der Waals surface area contributed by atoms with Crippen LogP contribution in [0.15, 0.2) is 30.6 Å². The molecular weight excluding hydrogens is 280 g/mol. The van der Waals surface area contributed by atoms with Crippen LogP contribution in [-0.2, 0) is 11.3 Å². The summed E-state index contributed by atoms with van der Waals surface area (Å²) >= 11 is 0. The second-order valence-corrected chi connectivity index (χ2v) is 5.89. The van der Waals surface area contributed by atoms with Gasteiger partial charge in [0.05, 0.1) is 17.6 Å². The number of nitrogens with one attached hydrogen (secondary N) is 1. The largest absolute Gasteiger partial charge is 0.325 e. The molecule has 1 aliphatic heterocycles. The fourth-order valence-corrected chi connectivity index (χ4v) is 3.29. The number of amides is 3. The van der Waals surface area contributed by atoms with E-state index in [1.165, 1.54) is 4.90 Å². The van der Waals surface area contributed by atoms with Gasteiger partial charge in [-0.3, -0.25) is 9.69 Å². The first-order valence-corrected chi connectivity index (χ1v) is 7.27. The van der Waals surface area contributed by atoms with Gasteiger partial charge in [-0.05, 0) is 31.4 Å². The van der Waals surface area contributed by atoms with Gasteiger partial charge in [0.25, 0.3) is 5.91 Å². The quantitative estimate of drug-likeness (QED) is 0.858. The Balaban J connectivity index is 1.71. The number of carbonyl (C=O) groups is 2. The number of rotatable bonds is 2. The second kappa shape index (κ2) is 4.34. The van der Waals surface area contributed by atoms with Crippen molar-refractivity contribution >= 4 is 17.5 Å². The molecule has 1 saturated carbocycles. The number of nitriles is 1. The Labute approximate surface area is 126 Å². The molecule has 4 rings (SSSR count). The summed E-state index contributed by atoms with van der Waals surface area (Å²) in [6.07, 6.45) is 6.02. The Kier molecular flexibility index (Phi) is 2.54. The fraction of sp³-hybridized carbons (Fsp3) is 0.312. The number of imide groups is 1. The van der Waals surface area contributed by atoms with Crippen molar-refractivity contribution in [3.05, 3.63) is 41.7 Å². The van der Waals surface area contributed by atoms with Gasteiger partial charge in [-0.2, -0.15) is 5.26 Å². The van der Waals surface area contributed by atoms with Crippen molar-refractivity contribution in [1.29, 1.82) is 5.26 Å². The van der Waals surface area contributed by atoms with Gasteiger partial charge in [-0.15, -0.1) is 0 Å². The summed E-state index contributed by atoms with van der Waals surface area (Å²) in [5.41, 5.74) is 1.30. The lowest BCUT2D eigenvalue weighted by molar-refractivity contribution is -0.134. The highest BCUT2D eigenvalue weighted by atomic mass is 16.2. The Morgan fingerprint density at radius 1 is 1.32 bits per heavy atom. The SMILES string of the molecule is N#Cc1c(CN2C(=O)NC3(CCC3)C2=O)cn2ccccc12. The van der Waals surface area contributed by atoms with Crippen LogP contribution in [0.5, 0.6) is 0 Å². The van der Waals surface area contributed by atoms with E-state index in [1.54, 1.807) is 6.20 Å². The van der Waals surface area contributed by atoms with Crippen molar-refractivity contribution < 1.29 is 9.59 Å². The molecule has 3 heterocycles. The average Bonchev–Trinajstić information content (AvgIpc) is 2.96.